The maximum atomic E-state index is 13.3. The molecular formula is C24H25N5O5S. The molecule has 0 bridgehead atoms. The molecule has 35 heavy (non-hydrogen) atoms. The summed E-state index contributed by atoms with van der Waals surface area (Å²) in [4.78, 5) is 26.8. The molecule has 1 amide bonds. The fraction of sp³-hybridized carbons (Fsp3) is 0.333. The highest BCUT2D eigenvalue weighted by Crippen LogP contribution is 2.33. The van der Waals surface area contributed by atoms with Crippen LogP contribution in [-0.2, 0) is 26.0 Å². The smallest absolute Gasteiger partial charge is 0.299 e. The Labute approximate surface area is 203 Å². The predicted octanol–water partition coefficient (Wildman–Crippen LogP) is 1.84. The van der Waals surface area contributed by atoms with Crippen LogP contribution in [-0.4, -0.2) is 72.3 Å². The summed E-state index contributed by atoms with van der Waals surface area (Å²) >= 11 is 0. The first-order valence-electron chi connectivity index (χ1n) is 11.4. The second-order valence-electron chi connectivity index (χ2n) is 8.57. The van der Waals surface area contributed by atoms with Gasteiger partial charge in [0.05, 0.1) is 40.3 Å². The molecule has 2 aliphatic heterocycles. The Morgan fingerprint density at radius 1 is 1.11 bits per heavy atom. The number of hydrogen-bond acceptors (Lipinski definition) is 7. The third-order valence-electron chi connectivity index (χ3n) is 6.38. The number of carbonyl (C=O) groups is 2. The lowest BCUT2D eigenvalue weighted by molar-refractivity contribution is -0.114. The molecule has 0 unspecified atom stereocenters. The average molecular weight is 496 g/mol. The van der Waals surface area contributed by atoms with E-state index >= 15 is 0 Å². The predicted molar refractivity (Wildman–Crippen MR) is 127 cm³/mol. The van der Waals surface area contributed by atoms with Crippen LogP contribution < -0.4 is 4.90 Å². The van der Waals surface area contributed by atoms with Crippen LogP contribution in [0.5, 0.6) is 0 Å². The van der Waals surface area contributed by atoms with Gasteiger partial charge in [-0.3, -0.25) is 9.59 Å². The van der Waals surface area contributed by atoms with Crippen LogP contribution in [0.3, 0.4) is 0 Å². The number of fused-ring (bicyclic) bond motifs is 1. The number of ketones is 1. The highest BCUT2D eigenvalue weighted by atomic mass is 32.2. The molecule has 1 fully saturated rings. The summed E-state index contributed by atoms with van der Waals surface area (Å²) in [6.07, 6.45) is 3.63. The minimum atomic E-state index is -3.82. The number of rotatable bonds is 8. The van der Waals surface area contributed by atoms with Gasteiger partial charge in [-0.25, -0.2) is 13.1 Å². The maximum absolute atomic E-state index is 13.3. The third kappa shape index (κ3) is 4.26. The Bertz CT molecular complexity index is 1370. The normalized spacial score (nSPS) is 18.4. The summed E-state index contributed by atoms with van der Waals surface area (Å²) in [5.74, 6) is -1.39. The summed E-state index contributed by atoms with van der Waals surface area (Å²) in [5.41, 5.74) is 2.04. The minimum Gasteiger partial charge on any atom is -0.383 e. The highest BCUT2D eigenvalue weighted by Gasteiger charge is 2.39. The molecule has 1 atom stereocenters. The van der Waals surface area contributed by atoms with Gasteiger partial charge in [-0.05, 0) is 43.2 Å². The van der Waals surface area contributed by atoms with Crippen molar-refractivity contribution in [2.75, 3.05) is 31.7 Å². The summed E-state index contributed by atoms with van der Waals surface area (Å²) in [7, 11) is -2.28. The van der Waals surface area contributed by atoms with Crippen molar-refractivity contribution < 1.29 is 22.7 Å². The first-order valence-corrected chi connectivity index (χ1v) is 12.8. The number of methoxy groups -OCH3 is 1. The molecule has 11 heteroatoms. The number of sulfonamides is 1. The Balaban J connectivity index is 1.35. The van der Waals surface area contributed by atoms with E-state index in [0.29, 0.717) is 31.0 Å². The number of ether oxygens (including phenoxy) is 1. The van der Waals surface area contributed by atoms with Gasteiger partial charge in [0.2, 0.25) is 10.0 Å². The van der Waals surface area contributed by atoms with Gasteiger partial charge in [-0.1, -0.05) is 23.4 Å². The lowest BCUT2D eigenvalue weighted by Gasteiger charge is -2.24. The number of benzene rings is 2. The van der Waals surface area contributed by atoms with E-state index < -0.39 is 21.7 Å². The van der Waals surface area contributed by atoms with Crippen LogP contribution in [0.1, 0.15) is 28.9 Å². The Morgan fingerprint density at radius 2 is 1.91 bits per heavy atom. The van der Waals surface area contributed by atoms with Crippen molar-refractivity contribution >= 4 is 27.4 Å². The summed E-state index contributed by atoms with van der Waals surface area (Å²) in [6.45, 7) is 0.930. The molecule has 0 spiro atoms. The molecule has 182 valence electrons. The van der Waals surface area contributed by atoms with Gasteiger partial charge in [-0.2, -0.15) is 4.31 Å². The van der Waals surface area contributed by atoms with Gasteiger partial charge in [0.15, 0.2) is 0 Å². The highest BCUT2D eigenvalue weighted by molar-refractivity contribution is 7.89. The molecule has 3 heterocycles. The summed E-state index contributed by atoms with van der Waals surface area (Å²) < 4.78 is 34.8. The Kier molecular flexibility index (Phi) is 6.22. The standard InChI is InChI=1S/C24H25N5O5S/c1-34-16-19-8-5-12-29(19)35(32,33)20-9-10-22-21(14-20)23(30)24(31)27(22)13-11-17-15-28(26-25-17)18-6-3-2-4-7-18/h2-4,6-7,9-10,14-15,19H,5,8,11-13,16H2,1H3/t19-/m0/s1. The number of Topliss-reactive ketones (excluding diaryl/α,β-unsaturated/α-hetero) is 1. The van der Waals surface area contributed by atoms with E-state index in [4.69, 9.17) is 4.74 Å². The van der Waals surface area contributed by atoms with Gasteiger partial charge >= 0.3 is 0 Å². The molecule has 10 nitrogen and oxygen atoms in total. The summed E-state index contributed by atoms with van der Waals surface area (Å²) in [6, 6.07) is 13.6. The maximum Gasteiger partial charge on any atom is 0.299 e. The number of aromatic nitrogens is 3. The first-order chi connectivity index (χ1) is 16.9. The van der Waals surface area contributed by atoms with Crippen LogP contribution in [0.15, 0.2) is 59.6 Å². The largest absolute Gasteiger partial charge is 0.383 e. The zero-order chi connectivity index (χ0) is 24.6. The van der Waals surface area contributed by atoms with Crippen molar-refractivity contribution in [1.82, 2.24) is 19.3 Å². The quantitative estimate of drug-likeness (QED) is 0.438. The lowest BCUT2D eigenvalue weighted by atomic mass is 10.1. The van der Waals surface area contributed by atoms with E-state index in [1.165, 1.54) is 27.4 Å². The van der Waals surface area contributed by atoms with E-state index in [9.17, 15) is 18.0 Å². The molecule has 2 aromatic carbocycles. The minimum absolute atomic E-state index is 0.00746. The van der Waals surface area contributed by atoms with Crippen molar-refractivity contribution in [3.8, 4) is 5.69 Å². The van der Waals surface area contributed by atoms with Crippen LogP contribution in [0.25, 0.3) is 5.69 Å². The van der Waals surface area contributed by atoms with Gasteiger partial charge in [0.1, 0.15) is 0 Å². The summed E-state index contributed by atoms with van der Waals surface area (Å²) in [5, 5.41) is 8.28. The molecule has 0 radical (unpaired) electrons. The topological polar surface area (TPSA) is 115 Å². The molecule has 0 aliphatic carbocycles. The van der Waals surface area contributed by atoms with Gasteiger partial charge in [0, 0.05) is 32.7 Å². The number of carbonyl (C=O) groups excluding carboxylic acids is 2. The molecular weight excluding hydrogens is 470 g/mol. The number of anilines is 1. The van der Waals surface area contributed by atoms with Crippen molar-refractivity contribution in [3.05, 3.63) is 66.0 Å². The zero-order valence-corrected chi connectivity index (χ0v) is 20.0. The molecule has 3 aromatic rings. The van der Waals surface area contributed by atoms with Crippen LogP contribution in [0.4, 0.5) is 5.69 Å². The number of hydrogen-bond donors (Lipinski definition) is 0. The molecule has 1 aromatic heterocycles. The van der Waals surface area contributed by atoms with Crippen LogP contribution in [0.2, 0.25) is 0 Å². The Morgan fingerprint density at radius 3 is 2.69 bits per heavy atom. The van der Waals surface area contributed by atoms with E-state index in [2.05, 4.69) is 10.3 Å². The van der Waals surface area contributed by atoms with Gasteiger partial charge in [0.25, 0.3) is 11.7 Å². The van der Waals surface area contributed by atoms with Crippen molar-refractivity contribution in [1.29, 1.82) is 0 Å². The van der Waals surface area contributed by atoms with Crippen molar-refractivity contribution in [2.45, 2.75) is 30.2 Å². The van der Waals surface area contributed by atoms with Gasteiger partial charge in [-0.15, -0.1) is 5.10 Å². The number of nitrogens with zero attached hydrogens (tertiary/aromatic N) is 5. The SMILES string of the molecule is COC[C@@H]1CCCN1S(=O)(=O)c1ccc2c(c1)C(=O)C(=O)N2CCc1cn(-c2ccccc2)nn1. The fourth-order valence-electron chi connectivity index (χ4n) is 4.63. The molecule has 2 aliphatic rings. The van der Waals surface area contributed by atoms with E-state index in [-0.39, 0.29) is 23.0 Å². The lowest BCUT2D eigenvalue weighted by Crippen LogP contribution is -2.38. The molecule has 0 saturated carbocycles. The van der Waals surface area contributed by atoms with Crippen LogP contribution >= 0.6 is 0 Å². The second-order valence-corrected chi connectivity index (χ2v) is 10.5. The van der Waals surface area contributed by atoms with Crippen molar-refractivity contribution in [3.63, 3.8) is 0 Å². The van der Waals surface area contributed by atoms with Gasteiger partial charge < -0.3 is 9.64 Å². The molecule has 5 rings (SSSR count). The monoisotopic (exact) mass is 495 g/mol. The average Bonchev–Trinajstić information content (AvgIpc) is 3.59. The zero-order valence-electron chi connectivity index (χ0n) is 19.2. The Hall–Kier alpha value is -3.41. The van der Waals surface area contributed by atoms with Crippen molar-refractivity contribution in [2.24, 2.45) is 0 Å². The second kappa shape index (κ2) is 9.33. The number of amides is 1. The fourth-order valence-corrected chi connectivity index (χ4v) is 6.33. The first kappa shape index (κ1) is 23.3. The van der Waals surface area contributed by atoms with Crippen LogP contribution in [0, 0.1) is 0 Å². The van der Waals surface area contributed by atoms with E-state index in [1.807, 2.05) is 30.3 Å². The van der Waals surface area contributed by atoms with E-state index in [0.717, 1.165) is 18.5 Å². The van der Waals surface area contributed by atoms with E-state index in [1.54, 1.807) is 18.0 Å². The number of para-hydroxylation sites is 1. The molecule has 0 N–H and O–H groups in total. The third-order valence-corrected chi connectivity index (χ3v) is 8.33. The molecule has 1 saturated heterocycles.